The van der Waals surface area contributed by atoms with Crippen LogP contribution in [0.25, 0.3) is 0 Å². The number of hydrogen-bond acceptors (Lipinski definition) is 2. The third-order valence-electron chi connectivity index (χ3n) is 3.60. The van der Waals surface area contributed by atoms with E-state index in [0.29, 0.717) is 6.04 Å². The largest absolute Gasteiger partial charge is 0.382 e. The van der Waals surface area contributed by atoms with E-state index in [1.165, 1.54) is 36.2 Å². The quantitative estimate of drug-likeness (QED) is 0.834. The molecule has 0 spiro atoms. The van der Waals surface area contributed by atoms with Crippen molar-refractivity contribution in [1.29, 1.82) is 0 Å². The lowest BCUT2D eigenvalue weighted by atomic mass is 10.1. The number of nitrogens with zero attached hydrogens (tertiary/aromatic N) is 1. The smallest absolute Gasteiger partial charge is 0.0417 e. The molecule has 1 N–H and O–H groups in total. The molecule has 0 atom stereocenters. The Morgan fingerprint density at radius 2 is 2.06 bits per heavy atom. The predicted molar refractivity (Wildman–Crippen MR) is 71.4 cm³/mol. The molecule has 0 saturated heterocycles. The number of hydrogen-bond donors (Lipinski definition) is 1. The molecule has 0 radical (unpaired) electrons. The minimum absolute atomic E-state index is 0.609. The molecule has 1 aromatic rings. The Morgan fingerprint density at radius 1 is 1.31 bits per heavy atom. The summed E-state index contributed by atoms with van der Waals surface area (Å²) in [7, 11) is 2.17. The van der Waals surface area contributed by atoms with Gasteiger partial charge in [-0.15, -0.1) is 0 Å². The second-order valence-corrected chi connectivity index (χ2v) is 4.63. The van der Waals surface area contributed by atoms with Gasteiger partial charge in [0.1, 0.15) is 0 Å². The summed E-state index contributed by atoms with van der Waals surface area (Å²) in [5.74, 6) is 0. The Morgan fingerprint density at radius 3 is 2.75 bits per heavy atom. The molecule has 1 heterocycles. The van der Waals surface area contributed by atoms with Crippen molar-refractivity contribution in [3.8, 4) is 0 Å². The summed E-state index contributed by atoms with van der Waals surface area (Å²) < 4.78 is 0. The van der Waals surface area contributed by atoms with E-state index < -0.39 is 0 Å². The Balaban J connectivity index is 2.22. The van der Waals surface area contributed by atoms with Gasteiger partial charge in [0.15, 0.2) is 0 Å². The fraction of sp³-hybridized carbons (Fsp3) is 0.571. The molecule has 88 valence electrons. The van der Waals surface area contributed by atoms with Gasteiger partial charge in [0.25, 0.3) is 0 Å². The number of rotatable bonds is 4. The third-order valence-corrected chi connectivity index (χ3v) is 3.60. The first-order valence-electron chi connectivity index (χ1n) is 6.35. The summed E-state index contributed by atoms with van der Waals surface area (Å²) >= 11 is 0. The number of nitrogens with one attached hydrogen (secondary N) is 1. The van der Waals surface area contributed by atoms with Crippen LogP contribution in [-0.2, 0) is 6.42 Å². The van der Waals surface area contributed by atoms with Gasteiger partial charge in [0.05, 0.1) is 0 Å². The lowest BCUT2D eigenvalue weighted by molar-refractivity contribution is 0.671. The van der Waals surface area contributed by atoms with Crippen LogP contribution >= 0.6 is 0 Å². The van der Waals surface area contributed by atoms with Gasteiger partial charge < -0.3 is 10.2 Å². The van der Waals surface area contributed by atoms with Crippen molar-refractivity contribution in [3.63, 3.8) is 0 Å². The van der Waals surface area contributed by atoms with Crippen molar-refractivity contribution in [2.75, 3.05) is 23.8 Å². The molecule has 1 aliphatic heterocycles. The molecule has 1 aliphatic rings. The second-order valence-electron chi connectivity index (χ2n) is 4.63. The van der Waals surface area contributed by atoms with Gasteiger partial charge in [-0.2, -0.15) is 0 Å². The van der Waals surface area contributed by atoms with Crippen LogP contribution < -0.4 is 10.2 Å². The van der Waals surface area contributed by atoms with Crippen LogP contribution in [-0.4, -0.2) is 19.6 Å². The van der Waals surface area contributed by atoms with Crippen molar-refractivity contribution in [2.24, 2.45) is 0 Å². The fourth-order valence-electron chi connectivity index (χ4n) is 2.44. The number of likely N-dealkylation sites (N-methyl/N-ethyl adjacent to an activating group) is 1. The lowest BCUT2D eigenvalue weighted by Gasteiger charge is -2.19. The van der Waals surface area contributed by atoms with Gasteiger partial charge in [0.2, 0.25) is 0 Å². The lowest BCUT2D eigenvalue weighted by Crippen LogP contribution is -2.17. The summed E-state index contributed by atoms with van der Waals surface area (Å²) in [6.07, 6.45) is 3.56. The van der Waals surface area contributed by atoms with Gasteiger partial charge in [-0.1, -0.05) is 19.9 Å². The van der Waals surface area contributed by atoms with Crippen molar-refractivity contribution >= 4 is 11.4 Å². The van der Waals surface area contributed by atoms with Crippen molar-refractivity contribution in [3.05, 3.63) is 23.8 Å². The molecule has 0 amide bonds. The normalized spacial score (nSPS) is 14.4. The van der Waals surface area contributed by atoms with Crippen molar-refractivity contribution in [1.82, 2.24) is 0 Å². The first-order valence-corrected chi connectivity index (χ1v) is 6.35. The van der Waals surface area contributed by atoms with Crippen LogP contribution in [0, 0.1) is 0 Å². The minimum Gasteiger partial charge on any atom is -0.382 e. The standard InChI is InChI=1S/C14H22N2/c1-4-11(5-2)15-13-7-6-8-14-12(13)9-10-16(14)3/h6-8,11,15H,4-5,9-10H2,1-3H3. The molecule has 0 aliphatic carbocycles. The Labute approximate surface area is 98.7 Å². The van der Waals surface area contributed by atoms with Crippen molar-refractivity contribution in [2.45, 2.75) is 39.2 Å². The zero-order valence-corrected chi connectivity index (χ0v) is 10.6. The van der Waals surface area contributed by atoms with Crippen LogP contribution in [0.3, 0.4) is 0 Å². The van der Waals surface area contributed by atoms with Crippen LogP contribution in [0.5, 0.6) is 0 Å². The third kappa shape index (κ3) is 2.01. The predicted octanol–water partition coefficient (Wildman–Crippen LogP) is 3.28. The molecule has 2 nitrogen and oxygen atoms in total. The zero-order chi connectivity index (χ0) is 11.5. The molecular weight excluding hydrogens is 196 g/mol. The molecule has 0 bridgehead atoms. The zero-order valence-electron chi connectivity index (χ0n) is 10.6. The molecule has 0 saturated carbocycles. The highest BCUT2D eigenvalue weighted by Crippen LogP contribution is 2.33. The highest BCUT2D eigenvalue weighted by atomic mass is 15.1. The summed E-state index contributed by atoms with van der Waals surface area (Å²) in [6, 6.07) is 7.21. The number of benzene rings is 1. The van der Waals surface area contributed by atoms with Gasteiger partial charge >= 0.3 is 0 Å². The SMILES string of the molecule is CCC(CC)Nc1cccc2c1CCN2C. The maximum atomic E-state index is 3.67. The number of anilines is 2. The Hall–Kier alpha value is -1.18. The van der Waals surface area contributed by atoms with Crippen LogP contribution in [0.4, 0.5) is 11.4 Å². The molecule has 0 aromatic heterocycles. The summed E-state index contributed by atoms with van der Waals surface area (Å²) in [5, 5.41) is 3.67. The average molecular weight is 218 g/mol. The van der Waals surface area contributed by atoms with E-state index in [-0.39, 0.29) is 0 Å². The molecule has 2 rings (SSSR count). The average Bonchev–Trinajstić information content (AvgIpc) is 2.69. The molecule has 2 heteroatoms. The van der Waals surface area contributed by atoms with Crippen LogP contribution in [0.1, 0.15) is 32.3 Å². The first kappa shape index (κ1) is 11.3. The van der Waals surface area contributed by atoms with E-state index in [1.54, 1.807) is 0 Å². The molecule has 1 aromatic carbocycles. The minimum atomic E-state index is 0.609. The fourth-order valence-corrected chi connectivity index (χ4v) is 2.44. The Kier molecular flexibility index (Phi) is 3.37. The number of fused-ring (bicyclic) bond motifs is 1. The first-order chi connectivity index (χ1) is 7.76. The highest BCUT2D eigenvalue weighted by molar-refractivity contribution is 5.69. The van der Waals surface area contributed by atoms with E-state index >= 15 is 0 Å². The van der Waals surface area contributed by atoms with E-state index in [0.717, 1.165) is 6.54 Å². The van der Waals surface area contributed by atoms with E-state index in [4.69, 9.17) is 0 Å². The second kappa shape index (κ2) is 4.77. The van der Waals surface area contributed by atoms with E-state index in [2.05, 4.69) is 49.3 Å². The highest BCUT2D eigenvalue weighted by Gasteiger charge is 2.19. The summed E-state index contributed by atoms with van der Waals surface area (Å²) in [4.78, 5) is 2.34. The van der Waals surface area contributed by atoms with E-state index in [9.17, 15) is 0 Å². The van der Waals surface area contributed by atoms with Crippen molar-refractivity contribution < 1.29 is 0 Å². The van der Waals surface area contributed by atoms with Gasteiger partial charge in [-0.05, 0) is 31.4 Å². The van der Waals surface area contributed by atoms with E-state index in [1.807, 2.05) is 0 Å². The van der Waals surface area contributed by atoms with Gasteiger partial charge in [-0.3, -0.25) is 0 Å². The maximum Gasteiger partial charge on any atom is 0.0417 e. The monoisotopic (exact) mass is 218 g/mol. The van der Waals surface area contributed by atoms with Gasteiger partial charge in [-0.25, -0.2) is 0 Å². The van der Waals surface area contributed by atoms with Crippen LogP contribution in [0.2, 0.25) is 0 Å². The van der Waals surface area contributed by atoms with Crippen LogP contribution in [0.15, 0.2) is 18.2 Å². The Bertz CT molecular complexity index is 356. The summed E-state index contributed by atoms with van der Waals surface area (Å²) in [6.45, 7) is 5.64. The van der Waals surface area contributed by atoms with Gasteiger partial charge in [0, 0.05) is 36.6 Å². The molecule has 16 heavy (non-hydrogen) atoms. The molecular formula is C14H22N2. The maximum absolute atomic E-state index is 3.67. The topological polar surface area (TPSA) is 15.3 Å². The molecule has 0 unspecified atom stereocenters. The molecule has 0 fully saturated rings. The summed E-state index contributed by atoms with van der Waals surface area (Å²) in [5.41, 5.74) is 4.24.